The van der Waals surface area contributed by atoms with Crippen molar-refractivity contribution in [3.63, 3.8) is 0 Å². The number of nitrogens with zero attached hydrogens (tertiary/aromatic N) is 2. The van der Waals surface area contributed by atoms with Crippen LogP contribution in [0.2, 0.25) is 0 Å². The lowest BCUT2D eigenvalue weighted by Gasteiger charge is -2.10. The number of hydrogen-bond donors (Lipinski definition) is 0. The van der Waals surface area contributed by atoms with Gasteiger partial charge in [-0.25, -0.2) is 4.98 Å². The molecular formula is C12H13BrN2O. The van der Waals surface area contributed by atoms with E-state index in [9.17, 15) is 0 Å². The molecule has 0 fully saturated rings. The number of hydrogen-bond acceptors (Lipinski definition) is 2. The molecule has 2 aromatic rings. The predicted octanol–water partition coefficient (Wildman–Crippen LogP) is 3.26. The molecule has 0 aliphatic rings. The van der Waals surface area contributed by atoms with Gasteiger partial charge < -0.3 is 9.30 Å². The highest BCUT2D eigenvalue weighted by molar-refractivity contribution is 9.10. The third-order valence-electron chi connectivity index (χ3n) is 2.53. The molecule has 0 unspecified atom stereocenters. The van der Waals surface area contributed by atoms with E-state index in [2.05, 4.69) is 51.5 Å². The molecule has 2 aromatic heterocycles. The minimum absolute atomic E-state index is 0.789. The Morgan fingerprint density at radius 1 is 1.25 bits per heavy atom. The summed E-state index contributed by atoms with van der Waals surface area (Å²) in [7, 11) is 1.65. The van der Waals surface area contributed by atoms with Crippen LogP contribution in [-0.4, -0.2) is 16.7 Å². The molecule has 0 saturated carbocycles. The second-order valence-electron chi connectivity index (χ2n) is 3.63. The smallest absolute Gasteiger partial charge is 0.140 e. The standard InChI is InChI=1S/C12H13BrN2O/c1-8-4-5-9(2)15(8)12-6-11(16-3)10(13)7-14-12/h4-7H,1-3H3. The lowest BCUT2D eigenvalue weighted by molar-refractivity contribution is 0.411. The van der Waals surface area contributed by atoms with Gasteiger partial charge in [0.25, 0.3) is 0 Å². The van der Waals surface area contributed by atoms with Gasteiger partial charge in [0.1, 0.15) is 11.6 Å². The van der Waals surface area contributed by atoms with E-state index in [1.54, 1.807) is 13.3 Å². The molecule has 0 radical (unpaired) electrons. The Labute approximate surface area is 103 Å². The maximum Gasteiger partial charge on any atom is 0.140 e. The Hall–Kier alpha value is -1.29. The van der Waals surface area contributed by atoms with Gasteiger partial charge in [-0.05, 0) is 41.9 Å². The lowest BCUT2D eigenvalue weighted by Crippen LogP contribution is -2.02. The third-order valence-corrected chi connectivity index (χ3v) is 3.12. The molecule has 0 atom stereocenters. The molecule has 16 heavy (non-hydrogen) atoms. The van der Waals surface area contributed by atoms with Gasteiger partial charge in [0.05, 0.1) is 11.6 Å². The van der Waals surface area contributed by atoms with Crippen LogP contribution in [0.15, 0.2) is 28.9 Å². The zero-order valence-electron chi connectivity index (χ0n) is 9.49. The predicted molar refractivity (Wildman–Crippen MR) is 67.3 cm³/mol. The minimum atomic E-state index is 0.789. The van der Waals surface area contributed by atoms with Gasteiger partial charge in [-0.2, -0.15) is 0 Å². The van der Waals surface area contributed by atoms with Crippen molar-refractivity contribution in [3.05, 3.63) is 40.3 Å². The van der Waals surface area contributed by atoms with E-state index in [4.69, 9.17) is 4.74 Å². The number of aryl methyl sites for hydroxylation is 2. The van der Waals surface area contributed by atoms with Crippen LogP contribution in [0.3, 0.4) is 0 Å². The van der Waals surface area contributed by atoms with Crippen molar-refractivity contribution in [1.82, 2.24) is 9.55 Å². The molecule has 0 spiro atoms. The van der Waals surface area contributed by atoms with Crippen molar-refractivity contribution in [2.75, 3.05) is 7.11 Å². The second-order valence-corrected chi connectivity index (χ2v) is 4.48. The van der Waals surface area contributed by atoms with Crippen LogP contribution in [0.5, 0.6) is 5.75 Å². The first kappa shape index (κ1) is 11.2. The molecule has 0 aliphatic heterocycles. The lowest BCUT2D eigenvalue weighted by atomic mass is 10.4. The number of ether oxygens (including phenoxy) is 1. The summed E-state index contributed by atoms with van der Waals surface area (Å²) >= 11 is 3.39. The maximum absolute atomic E-state index is 5.26. The molecule has 4 heteroatoms. The van der Waals surface area contributed by atoms with Crippen LogP contribution in [-0.2, 0) is 0 Å². The Bertz CT molecular complexity index is 500. The summed E-state index contributed by atoms with van der Waals surface area (Å²) in [4.78, 5) is 4.39. The van der Waals surface area contributed by atoms with Gasteiger partial charge in [-0.3, -0.25) is 0 Å². The van der Waals surface area contributed by atoms with Gasteiger partial charge in [-0.1, -0.05) is 0 Å². The van der Waals surface area contributed by atoms with E-state index >= 15 is 0 Å². The SMILES string of the molecule is COc1cc(-n2c(C)ccc2C)ncc1Br. The van der Waals surface area contributed by atoms with Crippen molar-refractivity contribution in [1.29, 1.82) is 0 Å². The van der Waals surface area contributed by atoms with Gasteiger partial charge >= 0.3 is 0 Å². The largest absolute Gasteiger partial charge is 0.495 e. The van der Waals surface area contributed by atoms with Gasteiger partial charge in [-0.15, -0.1) is 0 Å². The molecule has 0 aliphatic carbocycles. The van der Waals surface area contributed by atoms with Crippen LogP contribution in [0.25, 0.3) is 5.82 Å². The second kappa shape index (κ2) is 4.29. The summed E-state index contributed by atoms with van der Waals surface area (Å²) in [6.45, 7) is 4.12. The Balaban J connectivity index is 2.57. The number of aromatic nitrogens is 2. The third kappa shape index (κ3) is 1.85. The highest BCUT2D eigenvalue weighted by Crippen LogP contribution is 2.26. The average Bonchev–Trinajstić information content (AvgIpc) is 2.60. The molecular weight excluding hydrogens is 268 g/mol. The fourth-order valence-electron chi connectivity index (χ4n) is 1.72. The first-order valence-corrected chi connectivity index (χ1v) is 5.77. The first-order valence-electron chi connectivity index (χ1n) is 4.98. The molecule has 0 bridgehead atoms. The Morgan fingerprint density at radius 2 is 1.88 bits per heavy atom. The summed E-state index contributed by atoms with van der Waals surface area (Å²) < 4.78 is 8.22. The Morgan fingerprint density at radius 3 is 2.44 bits per heavy atom. The maximum atomic E-state index is 5.26. The first-order chi connectivity index (χ1) is 7.63. The summed E-state index contributed by atoms with van der Waals surface area (Å²) in [5.74, 6) is 1.66. The fraction of sp³-hybridized carbons (Fsp3) is 0.250. The molecule has 2 rings (SSSR count). The monoisotopic (exact) mass is 280 g/mol. The van der Waals surface area contributed by atoms with Crippen molar-refractivity contribution < 1.29 is 4.74 Å². The summed E-state index contributed by atoms with van der Waals surface area (Å²) in [5, 5.41) is 0. The number of halogens is 1. The van der Waals surface area contributed by atoms with E-state index in [1.807, 2.05) is 6.07 Å². The van der Waals surface area contributed by atoms with Crippen LogP contribution in [0.1, 0.15) is 11.4 Å². The molecule has 2 heterocycles. The van der Waals surface area contributed by atoms with E-state index in [0.717, 1.165) is 27.4 Å². The molecule has 3 nitrogen and oxygen atoms in total. The zero-order valence-corrected chi connectivity index (χ0v) is 11.1. The summed E-state index contributed by atoms with van der Waals surface area (Å²) in [5.41, 5.74) is 2.32. The van der Waals surface area contributed by atoms with Gasteiger partial charge in [0, 0.05) is 23.7 Å². The van der Waals surface area contributed by atoms with Crippen LogP contribution in [0.4, 0.5) is 0 Å². The minimum Gasteiger partial charge on any atom is -0.495 e. The van der Waals surface area contributed by atoms with Crippen molar-refractivity contribution >= 4 is 15.9 Å². The molecule has 0 saturated heterocycles. The van der Waals surface area contributed by atoms with E-state index < -0.39 is 0 Å². The van der Waals surface area contributed by atoms with Crippen LogP contribution < -0.4 is 4.74 Å². The van der Waals surface area contributed by atoms with Crippen molar-refractivity contribution in [2.24, 2.45) is 0 Å². The highest BCUT2D eigenvalue weighted by Gasteiger charge is 2.08. The number of pyridine rings is 1. The zero-order chi connectivity index (χ0) is 11.7. The van der Waals surface area contributed by atoms with Gasteiger partial charge in [0.2, 0.25) is 0 Å². The number of rotatable bonds is 2. The van der Waals surface area contributed by atoms with Gasteiger partial charge in [0.15, 0.2) is 0 Å². The Kier molecular flexibility index (Phi) is 3.01. The highest BCUT2D eigenvalue weighted by atomic mass is 79.9. The van der Waals surface area contributed by atoms with E-state index in [1.165, 1.54) is 0 Å². The van der Waals surface area contributed by atoms with E-state index in [-0.39, 0.29) is 0 Å². The molecule has 0 N–H and O–H groups in total. The van der Waals surface area contributed by atoms with Crippen molar-refractivity contribution in [2.45, 2.75) is 13.8 Å². The summed E-state index contributed by atoms with van der Waals surface area (Å²) in [6.07, 6.45) is 1.76. The normalized spacial score (nSPS) is 10.5. The quantitative estimate of drug-likeness (QED) is 0.844. The van der Waals surface area contributed by atoms with Crippen LogP contribution in [0, 0.1) is 13.8 Å². The topological polar surface area (TPSA) is 27.1 Å². The fourth-order valence-corrected chi connectivity index (χ4v) is 2.10. The average molecular weight is 281 g/mol. The number of methoxy groups -OCH3 is 1. The molecule has 0 aromatic carbocycles. The van der Waals surface area contributed by atoms with Crippen molar-refractivity contribution in [3.8, 4) is 11.6 Å². The molecule has 0 amide bonds. The summed E-state index contributed by atoms with van der Waals surface area (Å²) in [6, 6.07) is 6.07. The van der Waals surface area contributed by atoms with E-state index in [0.29, 0.717) is 0 Å². The molecule has 84 valence electrons. The van der Waals surface area contributed by atoms with Crippen LogP contribution >= 0.6 is 15.9 Å².